The highest BCUT2D eigenvalue weighted by Gasteiger charge is 2.18. The van der Waals surface area contributed by atoms with E-state index in [4.69, 9.17) is 4.74 Å². The van der Waals surface area contributed by atoms with Gasteiger partial charge in [0.05, 0.1) is 12.2 Å². The number of pyridine rings is 2. The standard InChI is InChI=1S/C14H13FN2O2/c1-3-19-14-12(15)11(5-7-17-14)13(18)10-4-6-16-9(2)8-10/h4-8H,3H2,1-2H3. The molecule has 2 rings (SSSR count). The number of hydrogen-bond donors (Lipinski definition) is 0. The average Bonchev–Trinajstić information content (AvgIpc) is 2.41. The van der Waals surface area contributed by atoms with Gasteiger partial charge < -0.3 is 4.74 Å². The maximum atomic E-state index is 14.1. The molecule has 0 aromatic carbocycles. The minimum absolute atomic E-state index is 0.0518. The van der Waals surface area contributed by atoms with E-state index in [-0.39, 0.29) is 18.1 Å². The zero-order valence-electron chi connectivity index (χ0n) is 10.7. The number of aromatic nitrogens is 2. The first kappa shape index (κ1) is 13.1. The van der Waals surface area contributed by atoms with Crippen molar-refractivity contribution in [2.75, 3.05) is 6.61 Å². The smallest absolute Gasteiger partial charge is 0.251 e. The zero-order valence-corrected chi connectivity index (χ0v) is 10.7. The largest absolute Gasteiger partial charge is 0.476 e. The number of ether oxygens (including phenoxy) is 1. The molecular weight excluding hydrogens is 247 g/mol. The average molecular weight is 260 g/mol. The molecule has 0 aliphatic carbocycles. The summed E-state index contributed by atoms with van der Waals surface area (Å²) in [5.41, 5.74) is 1.04. The molecule has 0 atom stereocenters. The molecule has 2 aromatic rings. The molecule has 0 amide bonds. The van der Waals surface area contributed by atoms with Gasteiger partial charge in [-0.3, -0.25) is 9.78 Å². The van der Waals surface area contributed by atoms with Crippen molar-refractivity contribution in [3.8, 4) is 5.88 Å². The van der Waals surface area contributed by atoms with Crippen molar-refractivity contribution < 1.29 is 13.9 Å². The van der Waals surface area contributed by atoms with E-state index in [9.17, 15) is 9.18 Å². The van der Waals surface area contributed by atoms with Crippen molar-refractivity contribution in [2.45, 2.75) is 13.8 Å². The fourth-order valence-corrected chi connectivity index (χ4v) is 1.68. The Morgan fingerprint density at radius 2 is 2.05 bits per heavy atom. The second-order valence-electron chi connectivity index (χ2n) is 3.93. The first-order valence-corrected chi connectivity index (χ1v) is 5.88. The lowest BCUT2D eigenvalue weighted by atomic mass is 10.0. The Balaban J connectivity index is 2.42. The van der Waals surface area contributed by atoms with Gasteiger partial charge in [0.15, 0.2) is 11.6 Å². The van der Waals surface area contributed by atoms with Gasteiger partial charge >= 0.3 is 0 Å². The normalized spacial score (nSPS) is 10.3. The maximum absolute atomic E-state index is 14.1. The van der Waals surface area contributed by atoms with Crippen molar-refractivity contribution in [3.05, 3.63) is 53.2 Å². The number of carbonyl (C=O) groups excluding carboxylic acids is 1. The highest BCUT2D eigenvalue weighted by Crippen LogP contribution is 2.20. The summed E-state index contributed by atoms with van der Waals surface area (Å²) >= 11 is 0. The van der Waals surface area contributed by atoms with Crippen LogP contribution in [0, 0.1) is 12.7 Å². The van der Waals surface area contributed by atoms with E-state index < -0.39 is 11.6 Å². The fourth-order valence-electron chi connectivity index (χ4n) is 1.68. The molecule has 0 spiro atoms. The monoisotopic (exact) mass is 260 g/mol. The van der Waals surface area contributed by atoms with Crippen LogP contribution in [0.1, 0.15) is 28.5 Å². The number of aryl methyl sites for hydroxylation is 1. The van der Waals surface area contributed by atoms with Crippen LogP contribution in [-0.4, -0.2) is 22.4 Å². The molecule has 0 aliphatic heterocycles. The predicted molar refractivity (Wildman–Crippen MR) is 67.8 cm³/mol. The molecule has 4 nitrogen and oxygen atoms in total. The summed E-state index contributed by atoms with van der Waals surface area (Å²) in [5.74, 6) is -1.30. The molecule has 2 aromatic heterocycles. The zero-order chi connectivity index (χ0) is 13.8. The lowest BCUT2D eigenvalue weighted by Crippen LogP contribution is -2.08. The van der Waals surface area contributed by atoms with E-state index in [2.05, 4.69) is 9.97 Å². The lowest BCUT2D eigenvalue weighted by molar-refractivity contribution is 0.103. The molecule has 0 saturated heterocycles. The summed E-state index contributed by atoms with van der Waals surface area (Å²) in [4.78, 5) is 20.0. The van der Waals surface area contributed by atoms with Gasteiger partial charge in [0, 0.05) is 23.7 Å². The van der Waals surface area contributed by atoms with E-state index in [0.29, 0.717) is 11.3 Å². The fraction of sp³-hybridized carbons (Fsp3) is 0.214. The highest BCUT2D eigenvalue weighted by atomic mass is 19.1. The van der Waals surface area contributed by atoms with Crippen LogP contribution >= 0.6 is 0 Å². The number of nitrogens with zero attached hydrogens (tertiary/aromatic N) is 2. The Morgan fingerprint density at radius 1 is 1.32 bits per heavy atom. The second-order valence-corrected chi connectivity index (χ2v) is 3.93. The van der Waals surface area contributed by atoms with Gasteiger partial charge in [0.25, 0.3) is 5.88 Å². The first-order chi connectivity index (χ1) is 9.13. The highest BCUT2D eigenvalue weighted by molar-refractivity contribution is 6.09. The summed E-state index contributed by atoms with van der Waals surface area (Å²) in [7, 11) is 0. The third-order valence-corrected chi connectivity index (χ3v) is 2.54. The van der Waals surface area contributed by atoms with Gasteiger partial charge in [-0.1, -0.05) is 0 Å². The minimum Gasteiger partial charge on any atom is -0.476 e. The summed E-state index contributed by atoms with van der Waals surface area (Å²) in [6, 6.07) is 4.51. The SMILES string of the molecule is CCOc1nccc(C(=O)c2ccnc(C)c2)c1F. The minimum atomic E-state index is -0.733. The Hall–Kier alpha value is -2.30. The molecule has 0 fully saturated rings. The van der Waals surface area contributed by atoms with Gasteiger partial charge in [-0.25, -0.2) is 9.37 Å². The van der Waals surface area contributed by atoms with Crippen molar-refractivity contribution >= 4 is 5.78 Å². The van der Waals surface area contributed by atoms with Crippen molar-refractivity contribution in [3.63, 3.8) is 0 Å². The van der Waals surface area contributed by atoms with Crippen LogP contribution in [0.5, 0.6) is 5.88 Å². The molecule has 0 saturated carbocycles. The van der Waals surface area contributed by atoms with Gasteiger partial charge in [-0.15, -0.1) is 0 Å². The molecule has 0 aliphatic rings. The molecule has 2 heterocycles. The van der Waals surface area contributed by atoms with Crippen LogP contribution in [-0.2, 0) is 0 Å². The third kappa shape index (κ3) is 2.76. The second kappa shape index (κ2) is 5.56. The Morgan fingerprint density at radius 3 is 2.74 bits per heavy atom. The quantitative estimate of drug-likeness (QED) is 0.793. The summed E-state index contributed by atoms with van der Waals surface area (Å²) in [6.45, 7) is 3.78. The maximum Gasteiger partial charge on any atom is 0.251 e. The molecule has 0 unspecified atom stereocenters. The molecule has 0 radical (unpaired) electrons. The van der Waals surface area contributed by atoms with Crippen LogP contribution < -0.4 is 4.74 Å². The Labute approximate surface area is 110 Å². The van der Waals surface area contributed by atoms with Gasteiger partial charge in [0.1, 0.15) is 0 Å². The van der Waals surface area contributed by atoms with E-state index in [1.807, 2.05) is 0 Å². The van der Waals surface area contributed by atoms with Crippen molar-refractivity contribution in [1.82, 2.24) is 9.97 Å². The Kier molecular flexibility index (Phi) is 3.85. The molecule has 98 valence electrons. The third-order valence-electron chi connectivity index (χ3n) is 2.54. The van der Waals surface area contributed by atoms with Crippen LogP contribution in [0.2, 0.25) is 0 Å². The summed E-state index contributed by atoms with van der Waals surface area (Å²) in [5, 5.41) is 0. The summed E-state index contributed by atoms with van der Waals surface area (Å²) in [6.07, 6.45) is 2.88. The van der Waals surface area contributed by atoms with Crippen molar-refractivity contribution in [2.24, 2.45) is 0 Å². The summed E-state index contributed by atoms with van der Waals surface area (Å²) < 4.78 is 19.1. The van der Waals surface area contributed by atoms with Crippen LogP contribution in [0.15, 0.2) is 30.6 Å². The van der Waals surface area contributed by atoms with Gasteiger partial charge in [-0.2, -0.15) is 0 Å². The first-order valence-electron chi connectivity index (χ1n) is 5.88. The van der Waals surface area contributed by atoms with E-state index in [0.717, 1.165) is 0 Å². The number of halogens is 1. The van der Waals surface area contributed by atoms with Gasteiger partial charge in [0.2, 0.25) is 0 Å². The molecular formula is C14H13FN2O2. The number of ketones is 1. The van der Waals surface area contributed by atoms with Crippen LogP contribution in [0.3, 0.4) is 0 Å². The molecule has 0 bridgehead atoms. The van der Waals surface area contributed by atoms with E-state index >= 15 is 0 Å². The van der Waals surface area contributed by atoms with Crippen LogP contribution in [0.4, 0.5) is 4.39 Å². The van der Waals surface area contributed by atoms with E-state index in [1.54, 1.807) is 26.0 Å². The Bertz CT molecular complexity index is 614. The topological polar surface area (TPSA) is 52.1 Å². The molecule has 5 heteroatoms. The lowest BCUT2D eigenvalue weighted by Gasteiger charge is -2.07. The van der Waals surface area contributed by atoms with Crippen LogP contribution in [0.25, 0.3) is 0 Å². The number of hydrogen-bond acceptors (Lipinski definition) is 4. The molecule has 19 heavy (non-hydrogen) atoms. The van der Waals surface area contributed by atoms with Crippen molar-refractivity contribution in [1.29, 1.82) is 0 Å². The molecule has 0 N–H and O–H groups in total. The van der Waals surface area contributed by atoms with E-state index in [1.165, 1.54) is 18.5 Å². The predicted octanol–water partition coefficient (Wildman–Crippen LogP) is 2.55. The number of carbonyl (C=O) groups is 1. The number of rotatable bonds is 4. The van der Waals surface area contributed by atoms with Gasteiger partial charge in [-0.05, 0) is 32.0 Å².